The van der Waals surface area contributed by atoms with Crippen molar-refractivity contribution in [3.8, 4) is 0 Å². The molecule has 1 N–H and O–H groups in total. The van der Waals surface area contributed by atoms with Crippen molar-refractivity contribution in [1.82, 2.24) is 9.88 Å². The Bertz CT molecular complexity index is 318. The Kier molecular flexibility index (Phi) is 4.74. The molecule has 86 valence electrons. The van der Waals surface area contributed by atoms with Crippen molar-refractivity contribution in [2.75, 3.05) is 12.8 Å². The summed E-state index contributed by atoms with van der Waals surface area (Å²) in [6.45, 7) is 8.65. The summed E-state index contributed by atoms with van der Waals surface area (Å²) >= 11 is 1.90. The maximum absolute atomic E-state index is 3.50. The summed E-state index contributed by atoms with van der Waals surface area (Å²) in [5.41, 5.74) is 4.13. The Labute approximate surface area is 97.4 Å². The second-order valence-corrected chi connectivity index (χ2v) is 5.41. The Morgan fingerprint density at radius 1 is 1.47 bits per heavy atom. The summed E-state index contributed by atoms with van der Waals surface area (Å²) in [6, 6.07) is 2.27. The third-order valence-electron chi connectivity index (χ3n) is 3.03. The van der Waals surface area contributed by atoms with E-state index in [1.165, 1.54) is 17.0 Å². The minimum absolute atomic E-state index is 0.690. The van der Waals surface area contributed by atoms with Crippen molar-refractivity contribution < 1.29 is 0 Å². The van der Waals surface area contributed by atoms with Crippen LogP contribution in [0.4, 0.5) is 0 Å². The summed E-state index contributed by atoms with van der Waals surface area (Å²) in [5.74, 6) is 0. The van der Waals surface area contributed by atoms with E-state index in [4.69, 9.17) is 0 Å². The van der Waals surface area contributed by atoms with Crippen LogP contribution in [0.25, 0.3) is 0 Å². The van der Waals surface area contributed by atoms with E-state index < -0.39 is 0 Å². The van der Waals surface area contributed by atoms with Gasteiger partial charge in [0, 0.05) is 36.8 Å². The number of hydrogen-bond donors (Lipinski definition) is 1. The first-order chi connectivity index (χ1) is 7.06. The van der Waals surface area contributed by atoms with Gasteiger partial charge in [-0.1, -0.05) is 6.92 Å². The fraction of sp³-hybridized carbons (Fsp3) is 0.667. The summed E-state index contributed by atoms with van der Waals surface area (Å²) in [5, 5.41) is 4.19. The number of nitrogens with zero attached hydrogens (tertiary/aromatic N) is 1. The van der Waals surface area contributed by atoms with E-state index in [1.54, 1.807) is 0 Å². The van der Waals surface area contributed by atoms with E-state index in [9.17, 15) is 0 Å². The first-order valence-electron chi connectivity index (χ1n) is 5.41. The molecule has 1 atom stereocenters. The highest BCUT2D eigenvalue weighted by molar-refractivity contribution is 7.99. The minimum atomic E-state index is 0.690. The largest absolute Gasteiger partial charge is 0.352 e. The number of nitrogens with one attached hydrogen (secondary N) is 1. The van der Waals surface area contributed by atoms with Gasteiger partial charge in [-0.2, -0.15) is 11.8 Å². The van der Waals surface area contributed by atoms with Crippen molar-refractivity contribution in [1.29, 1.82) is 0 Å². The maximum Gasteiger partial charge on any atom is 0.0223 e. The van der Waals surface area contributed by atoms with Crippen LogP contribution in [-0.4, -0.2) is 22.6 Å². The van der Waals surface area contributed by atoms with Gasteiger partial charge in [-0.25, -0.2) is 0 Å². The smallest absolute Gasteiger partial charge is 0.0223 e. The zero-order chi connectivity index (χ0) is 11.4. The standard InChI is InChI=1S/C12H22N2S/c1-9-6-12(11(3)14(9)4)8-13-7-10(2)15-5/h6,10,13H,7-8H2,1-5H3. The van der Waals surface area contributed by atoms with Crippen molar-refractivity contribution in [3.63, 3.8) is 0 Å². The van der Waals surface area contributed by atoms with Gasteiger partial charge in [0.15, 0.2) is 0 Å². The molecule has 1 aromatic rings. The topological polar surface area (TPSA) is 17.0 Å². The lowest BCUT2D eigenvalue weighted by Gasteiger charge is -2.09. The molecule has 2 nitrogen and oxygen atoms in total. The van der Waals surface area contributed by atoms with Crippen LogP contribution in [0.2, 0.25) is 0 Å². The van der Waals surface area contributed by atoms with Crippen molar-refractivity contribution in [3.05, 3.63) is 23.0 Å². The highest BCUT2D eigenvalue weighted by Crippen LogP contribution is 2.13. The highest BCUT2D eigenvalue weighted by atomic mass is 32.2. The molecule has 0 amide bonds. The number of rotatable bonds is 5. The molecule has 15 heavy (non-hydrogen) atoms. The summed E-state index contributed by atoms with van der Waals surface area (Å²) in [7, 11) is 2.12. The monoisotopic (exact) mass is 226 g/mol. The molecular formula is C12H22N2S. The third kappa shape index (κ3) is 3.28. The van der Waals surface area contributed by atoms with Crippen LogP contribution in [0, 0.1) is 13.8 Å². The molecule has 3 heteroatoms. The second-order valence-electron chi connectivity index (χ2n) is 4.13. The fourth-order valence-electron chi connectivity index (χ4n) is 1.61. The molecule has 0 spiro atoms. The third-order valence-corrected chi connectivity index (χ3v) is 4.00. The van der Waals surface area contributed by atoms with Gasteiger partial charge >= 0.3 is 0 Å². The van der Waals surface area contributed by atoms with Gasteiger partial charge in [0.2, 0.25) is 0 Å². The van der Waals surface area contributed by atoms with Gasteiger partial charge in [-0.3, -0.25) is 0 Å². The normalized spacial score (nSPS) is 13.1. The van der Waals surface area contributed by atoms with Crippen LogP contribution in [0.5, 0.6) is 0 Å². The van der Waals surface area contributed by atoms with Crippen molar-refractivity contribution >= 4 is 11.8 Å². The van der Waals surface area contributed by atoms with Crippen LogP contribution in [0.1, 0.15) is 23.9 Å². The minimum Gasteiger partial charge on any atom is -0.352 e. The lowest BCUT2D eigenvalue weighted by Crippen LogP contribution is -2.22. The molecule has 0 fully saturated rings. The van der Waals surface area contributed by atoms with Gasteiger partial charge in [-0.05, 0) is 31.7 Å². The molecule has 0 aliphatic carbocycles. The molecule has 0 saturated carbocycles. The summed E-state index contributed by atoms with van der Waals surface area (Å²) < 4.78 is 2.25. The van der Waals surface area contributed by atoms with E-state index in [0.717, 1.165) is 13.1 Å². The molecule has 0 radical (unpaired) electrons. The lowest BCUT2D eigenvalue weighted by molar-refractivity contribution is 0.679. The predicted molar refractivity (Wildman–Crippen MR) is 69.6 cm³/mol. The van der Waals surface area contributed by atoms with Crippen LogP contribution in [-0.2, 0) is 13.6 Å². The van der Waals surface area contributed by atoms with Crippen LogP contribution in [0.3, 0.4) is 0 Å². The Morgan fingerprint density at radius 3 is 2.60 bits per heavy atom. The van der Waals surface area contributed by atoms with E-state index in [-0.39, 0.29) is 0 Å². The predicted octanol–water partition coefficient (Wildman–Crippen LogP) is 2.48. The van der Waals surface area contributed by atoms with Gasteiger partial charge in [0.05, 0.1) is 0 Å². The molecule has 1 unspecified atom stereocenters. The molecule has 1 aromatic heterocycles. The average Bonchev–Trinajstić information content (AvgIpc) is 2.46. The van der Waals surface area contributed by atoms with E-state index in [1.807, 2.05) is 11.8 Å². The average molecular weight is 226 g/mol. The molecule has 1 rings (SSSR count). The van der Waals surface area contributed by atoms with E-state index in [2.05, 4.69) is 50.0 Å². The van der Waals surface area contributed by atoms with Gasteiger partial charge in [-0.15, -0.1) is 0 Å². The SMILES string of the molecule is CSC(C)CNCc1cc(C)n(C)c1C. The van der Waals surface area contributed by atoms with E-state index >= 15 is 0 Å². The highest BCUT2D eigenvalue weighted by Gasteiger charge is 2.05. The maximum atomic E-state index is 3.50. The quantitative estimate of drug-likeness (QED) is 0.831. The van der Waals surface area contributed by atoms with Gasteiger partial charge in [0.1, 0.15) is 0 Å². The van der Waals surface area contributed by atoms with Crippen molar-refractivity contribution in [2.24, 2.45) is 7.05 Å². The first kappa shape index (κ1) is 12.7. The Balaban J connectivity index is 2.47. The number of hydrogen-bond acceptors (Lipinski definition) is 2. The zero-order valence-electron chi connectivity index (χ0n) is 10.4. The van der Waals surface area contributed by atoms with Crippen LogP contribution >= 0.6 is 11.8 Å². The summed E-state index contributed by atoms with van der Waals surface area (Å²) in [4.78, 5) is 0. The molecule has 0 aliphatic heterocycles. The molecule has 1 heterocycles. The molecule has 0 aliphatic rings. The molecule has 0 saturated heterocycles. The number of thioether (sulfide) groups is 1. The number of aryl methyl sites for hydroxylation is 1. The summed E-state index contributed by atoms with van der Waals surface area (Å²) in [6.07, 6.45) is 2.16. The van der Waals surface area contributed by atoms with Crippen molar-refractivity contribution in [2.45, 2.75) is 32.6 Å². The number of aromatic nitrogens is 1. The molecule has 0 aromatic carbocycles. The first-order valence-corrected chi connectivity index (χ1v) is 6.70. The van der Waals surface area contributed by atoms with Gasteiger partial charge in [0.25, 0.3) is 0 Å². The second kappa shape index (κ2) is 5.61. The zero-order valence-corrected chi connectivity index (χ0v) is 11.2. The molecular weight excluding hydrogens is 204 g/mol. The fourth-order valence-corrected chi connectivity index (χ4v) is 1.89. The van der Waals surface area contributed by atoms with Crippen LogP contribution < -0.4 is 5.32 Å². The van der Waals surface area contributed by atoms with Gasteiger partial charge < -0.3 is 9.88 Å². The lowest BCUT2D eigenvalue weighted by atomic mass is 10.2. The molecule has 0 bridgehead atoms. The Hall–Kier alpha value is -0.410. The Morgan fingerprint density at radius 2 is 2.13 bits per heavy atom. The van der Waals surface area contributed by atoms with E-state index in [0.29, 0.717) is 5.25 Å². The van der Waals surface area contributed by atoms with Crippen LogP contribution in [0.15, 0.2) is 6.07 Å².